The van der Waals surface area contributed by atoms with E-state index in [4.69, 9.17) is 13.3 Å². The van der Waals surface area contributed by atoms with Gasteiger partial charge in [0.05, 0.1) is 16.4 Å². The number of hydrogen-bond acceptors (Lipinski definition) is 5. The second-order valence-electron chi connectivity index (χ2n) is 17.3. The summed E-state index contributed by atoms with van der Waals surface area (Å²) in [6.45, 7) is 0. The molecule has 0 atom stereocenters. The number of para-hydroxylation sites is 5. The second kappa shape index (κ2) is 13.3. The number of nitrogens with zero attached hydrogens (tertiary/aromatic N) is 3. The van der Waals surface area contributed by atoms with Crippen molar-refractivity contribution in [1.29, 1.82) is 0 Å². The van der Waals surface area contributed by atoms with Crippen LogP contribution in [0.15, 0.2) is 226 Å². The molecule has 0 radical (unpaired) electrons. The highest BCUT2D eigenvalue weighted by Gasteiger charge is 2.25. The molecule has 0 saturated heterocycles. The van der Waals surface area contributed by atoms with Crippen LogP contribution in [-0.2, 0) is 0 Å². The van der Waals surface area contributed by atoms with Gasteiger partial charge in [-0.05, 0) is 90.3 Å². The van der Waals surface area contributed by atoms with Crippen LogP contribution in [0.3, 0.4) is 0 Å². The van der Waals surface area contributed by atoms with E-state index in [1.165, 1.54) is 21.7 Å². The summed E-state index contributed by atoms with van der Waals surface area (Å²) in [6.07, 6.45) is 0. The van der Waals surface area contributed by atoms with Crippen LogP contribution >= 0.6 is 0 Å². The molecule has 308 valence electrons. The maximum atomic E-state index is 7.15. The molecule has 0 fully saturated rings. The minimum Gasteiger partial charge on any atom is -0.456 e. The number of anilines is 6. The molecule has 0 aliphatic rings. The predicted octanol–water partition coefficient (Wildman–Crippen LogP) is 17.5. The third-order valence-electron chi connectivity index (χ3n) is 13.7. The summed E-state index contributed by atoms with van der Waals surface area (Å²) in [6, 6.07) is 75.2. The number of aromatic nitrogens is 1. The van der Waals surface area contributed by atoms with E-state index in [1.54, 1.807) is 0 Å². The average Bonchev–Trinajstić information content (AvgIpc) is 4.18. The summed E-state index contributed by atoms with van der Waals surface area (Å²) in [4.78, 5) is 4.60. The SMILES string of the molecule is c1ccc(N(c2ccc3c(c2)oc2ccccc23)c2ccc3c(c2)oc2c3c3cccc4c5ccc6ccc(N(c7ccccc7)c7ccc8c(c7)oc7ccccc78)cc6c5n2c43)cc1. The normalized spacial score (nSPS) is 12.2. The molecule has 0 aliphatic heterocycles. The van der Waals surface area contributed by atoms with Crippen molar-refractivity contribution < 1.29 is 13.3 Å². The molecule has 6 nitrogen and oxygen atoms in total. The lowest BCUT2D eigenvalue weighted by Crippen LogP contribution is -2.09. The molecule has 0 amide bonds. The predicted molar refractivity (Wildman–Crippen MR) is 272 cm³/mol. The first kappa shape index (κ1) is 35.5. The molecule has 66 heavy (non-hydrogen) atoms. The standard InChI is InChI=1S/C60H35N3O3/c1-3-12-37(13-4-1)61(40-25-29-45-43-16-7-9-20-52(43)64-54(45)33-40)39-24-22-36-23-28-48-47-18-11-19-50-57-49-31-27-42(35-56(49)66-60(57)63(58(47)50)59(48)51(36)32-39)62(38-14-5-2-6-15-38)41-26-30-46-44-17-8-10-21-53(44)65-55(46)34-41/h1-35H. The van der Waals surface area contributed by atoms with Gasteiger partial charge in [0, 0.05) is 101 Å². The Morgan fingerprint density at radius 2 is 0.697 bits per heavy atom. The summed E-state index contributed by atoms with van der Waals surface area (Å²) >= 11 is 0. The van der Waals surface area contributed by atoms with Crippen LogP contribution in [0.4, 0.5) is 34.1 Å². The van der Waals surface area contributed by atoms with E-state index in [1.807, 2.05) is 24.3 Å². The van der Waals surface area contributed by atoms with Crippen molar-refractivity contribution in [3.63, 3.8) is 0 Å². The molecule has 10 aromatic carbocycles. The van der Waals surface area contributed by atoms with Crippen molar-refractivity contribution >= 4 is 138 Å². The van der Waals surface area contributed by atoms with E-state index in [0.29, 0.717) is 0 Å². The molecular weight excluding hydrogens is 811 g/mol. The summed E-state index contributed by atoms with van der Waals surface area (Å²) in [5, 5.41) is 12.5. The van der Waals surface area contributed by atoms with Crippen molar-refractivity contribution in [1.82, 2.24) is 4.40 Å². The third-order valence-corrected chi connectivity index (χ3v) is 13.7. The first-order valence-corrected chi connectivity index (χ1v) is 22.3. The molecule has 0 unspecified atom stereocenters. The second-order valence-corrected chi connectivity index (χ2v) is 17.3. The van der Waals surface area contributed by atoms with Crippen LogP contribution in [0, 0.1) is 0 Å². The largest absolute Gasteiger partial charge is 0.456 e. The first-order valence-electron chi connectivity index (χ1n) is 22.3. The fourth-order valence-electron chi connectivity index (χ4n) is 10.8. The van der Waals surface area contributed by atoms with Crippen LogP contribution < -0.4 is 9.80 Å². The smallest absolute Gasteiger partial charge is 0.213 e. The van der Waals surface area contributed by atoms with Gasteiger partial charge in [0.25, 0.3) is 0 Å². The molecule has 0 bridgehead atoms. The molecule has 0 spiro atoms. The van der Waals surface area contributed by atoms with Gasteiger partial charge in [0.15, 0.2) is 0 Å². The lowest BCUT2D eigenvalue weighted by molar-refractivity contribution is 0.652. The zero-order valence-corrected chi connectivity index (χ0v) is 35.3. The monoisotopic (exact) mass is 845 g/mol. The maximum Gasteiger partial charge on any atom is 0.213 e. The highest BCUT2D eigenvalue weighted by atomic mass is 16.3. The van der Waals surface area contributed by atoms with Gasteiger partial charge in [-0.15, -0.1) is 0 Å². The van der Waals surface area contributed by atoms with Gasteiger partial charge in [0.2, 0.25) is 5.71 Å². The fourth-order valence-corrected chi connectivity index (χ4v) is 10.8. The van der Waals surface area contributed by atoms with Gasteiger partial charge in [-0.3, -0.25) is 4.40 Å². The zero-order chi connectivity index (χ0) is 43.0. The molecule has 6 heteroatoms. The molecule has 15 rings (SSSR count). The van der Waals surface area contributed by atoms with Crippen molar-refractivity contribution in [3.8, 4) is 0 Å². The maximum absolute atomic E-state index is 7.15. The van der Waals surface area contributed by atoms with Crippen molar-refractivity contribution in [2.24, 2.45) is 0 Å². The first-order chi connectivity index (χ1) is 32.7. The van der Waals surface area contributed by atoms with Gasteiger partial charge in [-0.1, -0.05) is 109 Å². The van der Waals surface area contributed by atoms with Gasteiger partial charge >= 0.3 is 0 Å². The van der Waals surface area contributed by atoms with E-state index in [2.05, 4.69) is 202 Å². The molecule has 0 saturated carbocycles. The van der Waals surface area contributed by atoms with E-state index >= 15 is 0 Å². The van der Waals surface area contributed by atoms with Crippen LogP contribution in [0.1, 0.15) is 0 Å². The summed E-state index contributed by atoms with van der Waals surface area (Å²) in [7, 11) is 0. The Labute approximate surface area is 376 Å². The Kier molecular flexibility index (Phi) is 7.13. The summed E-state index contributed by atoms with van der Waals surface area (Å²) < 4.78 is 22.3. The molecule has 15 aromatic rings. The number of rotatable bonds is 6. The highest BCUT2D eigenvalue weighted by Crippen LogP contribution is 2.48. The van der Waals surface area contributed by atoms with Gasteiger partial charge in [0.1, 0.15) is 27.9 Å². The fraction of sp³-hybridized carbons (Fsp3) is 0. The van der Waals surface area contributed by atoms with E-state index < -0.39 is 0 Å². The van der Waals surface area contributed by atoms with Gasteiger partial charge < -0.3 is 23.1 Å². The lowest BCUT2D eigenvalue weighted by Gasteiger charge is -2.26. The van der Waals surface area contributed by atoms with Crippen LogP contribution in [-0.4, -0.2) is 4.40 Å². The molecular formula is C60H35N3O3. The Balaban J connectivity index is 0.937. The zero-order valence-electron chi connectivity index (χ0n) is 35.3. The van der Waals surface area contributed by atoms with Crippen LogP contribution in [0.2, 0.25) is 0 Å². The number of fused-ring (bicyclic) bond motifs is 16. The minimum absolute atomic E-state index is 0.824. The minimum atomic E-state index is 0.824. The molecule has 0 N–H and O–H groups in total. The highest BCUT2D eigenvalue weighted by molar-refractivity contribution is 6.30. The van der Waals surface area contributed by atoms with E-state index in [-0.39, 0.29) is 0 Å². The van der Waals surface area contributed by atoms with Crippen LogP contribution in [0.5, 0.6) is 0 Å². The average molecular weight is 846 g/mol. The van der Waals surface area contributed by atoms with Crippen molar-refractivity contribution in [2.75, 3.05) is 9.80 Å². The Morgan fingerprint density at radius 1 is 0.273 bits per heavy atom. The van der Waals surface area contributed by atoms with Crippen molar-refractivity contribution in [2.45, 2.75) is 0 Å². The third kappa shape index (κ3) is 4.95. The van der Waals surface area contributed by atoms with Crippen molar-refractivity contribution in [3.05, 3.63) is 212 Å². The number of benzene rings is 10. The lowest BCUT2D eigenvalue weighted by atomic mass is 10.0. The van der Waals surface area contributed by atoms with E-state index in [0.717, 1.165) is 116 Å². The molecule has 5 aromatic heterocycles. The Hall–Kier alpha value is -9.00. The molecule has 5 heterocycles. The molecule has 0 aliphatic carbocycles. The summed E-state index contributed by atoms with van der Waals surface area (Å²) in [5.41, 5.74) is 13.6. The van der Waals surface area contributed by atoms with Crippen LogP contribution in [0.25, 0.3) is 104 Å². The van der Waals surface area contributed by atoms with Gasteiger partial charge in [-0.25, -0.2) is 0 Å². The van der Waals surface area contributed by atoms with Gasteiger partial charge in [-0.2, -0.15) is 0 Å². The Morgan fingerprint density at radius 3 is 1.32 bits per heavy atom. The Bertz CT molecular complexity index is 4420. The van der Waals surface area contributed by atoms with E-state index in [9.17, 15) is 0 Å². The number of hydrogen-bond donors (Lipinski definition) is 0. The quantitative estimate of drug-likeness (QED) is 0.167. The number of furan rings is 3. The topological polar surface area (TPSA) is 50.3 Å². The summed E-state index contributed by atoms with van der Waals surface area (Å²) in [5.74, 6) is 0.